The van der Waals surface area contributed by atoms with Gasteiger partial charge in [0.2, 0.25) is 0 Å². The fraction of sp³-hybridized carbons (Fsp3) is 0.333. The Balaban J connectivity index is 1.97. The summed E-state index contributed by atoms with van der Waals surface area (Å²) in [6, 6.07) is 5.88. The molecular weight excluding hydrogens is 274 g/mol. The van der Waals surface area contributed by atoms with Crippen LogP contribution in [0, 0.1) is 6.92 Å². The molecule has 5 heteroatoms. The average molecular weight is 290 g/mol. The topological polar surface area (TPSA) is 46.9 Å². The molecule has 2 heterocycles. The Morgan fingerprint density at radius 3 is 3.10 bits per heavy atom. The van der Waals surface area contributed by atoms with Gasteiger partial charge in [-0.2, -0.15) is 0 Å². The first kappa shape index (κ1) is 13.3. The van der Waals surface area contributed by atoms with Crippen LogP contribution >= 0.6 is 11.6 Å². The number of benzene rings is 1. The van der Waals surface area contributed by atoms with Gasteiger partial charge in [0, 0.05) is 17.1 Å². The van der Waals surface area contributed by atoms with Gasteiger partial charge in [-0.05, 0) is 37.1 Å². The second-order valence-electron chi connectivity index (χ2n) is 5.12. The Morgan fingerprint density at radius 1 is 1.45 bits per heavy atom. The first-order valence-electron chi connectivity index (χ1n) is 6.68. The lowest BCUT2D eigenvalue weighted by Crippen LogP contribution is -2.34. The van der Waals surface area contributed by atoms with E-state index in [9.17, 15) is 4.79 Å². The highest BCUT2D eigenvalue weighted by Crippen LogP contribution is 2.18. The van der Waals surface area contributed by atoms with Crippen LogP contribution in [0.5, 0.6) is 0 Å². The number of rotatable bonds is 2. The molecule has 0 saturated carbocycles. The van der Waals surface area contributed by atoms with Crippen molar-refractivity contribution in [1.29, 1.82) is 0 Å². The second-order valence-corrected chi connectivity index (χ2v) is 5.53. The number of aromatic nitrogens is 2. The molecule has 0 unspecified atom stereocenters. The molecule has 1 aromatic heterocycles. The fourth-order valence-electron chi connectivity index (χ4n) is 2.47. The van der Waals surface area contributed by atoms with Crippen molar-refractivity contribution < 1.29 is 0 Å². The van der Waals surface area contributed by atoms with Crippen LogP contribution < -0.4 is 10.9 Å². The molecule has 2 aromatic rings. The molecule has 20 heavy (non-hydrogen) atoms. The van der Waals surface area contributed by atoms with Crippen LogP contribution in [0.4, 0.5) is 0 Å². The van der Waals surface area contributed by atoms with Gasteiger partial charge >= 0.3 is 0 Å². The quantitative estimate of drug-likeness (QED) is 0.918. The largest absolute Gasteiger partial charge is 0.311 e. The van der Waals surface area contributed by atoms with E-state index in [2.05, 4.69) is 10.3 Å². The molecule has 0 spiro atoms. The summed E-state index contributed by atoms with van der Waals surface area (Å²) in [5, 5.41) is 3.91. The summed E-state index contributed by atoms with van der Waals surface area (Å²) in [6.07, 6.45) is 2.36. The third kappa shape index (κ3) is 2.49. The summed E-state index contributed by atoms with van der Waals surface area (Å²) in [4.78, 5) is 16.8. The van der Waals surface area contributed by atoms with E-state index >= 15 is 0 Å². The third-order valence-electron chi connectivity index (χ3n) is 3.61. The van der Waals surface area contributed by atoms with Crippen molar-refractivity contribution >= 4 is 11.6 Å². The zero-order valence-corrected chi connectivity index (χ0v) is 12.1. The van der Waals surface area contributed by atoms with Gasteiger partial charge < -0.3 is 5.32 Å². The van der Waals surface area contributed by atoms with Gasteiger partial charge in [-0.25, -0.2) is 4.98 Å². The molecule has 104 valence electrons. The highest BCUT2D eigenvalue weighted by atomic mass is 35.5. The van der Waals surface area contributed by atoms with Gasteiger partial charge in [0.05, 0.1) is 18.6 Å². The van der Waals surface area contributed by atoms with Crippen LogP contribution in [0.1, 0.15) is 22.4 Å². The van der Waals surface area contributed by atoms with Crippen LogP contribution in [0.15, 0.2) is 29.3 Å². The minimum atomic E-state index is 0.0492. The Bertz CT molecular complexity index is 709. The number of hydrogen-bond acceptors (Lipinski definition) is 3. The number of halogens is 1. The molecule has 4 nitrogen and oxygen atoms in total. The van der Waals surface area contributed by atoms with Crippen molar-refractivity contribution in [2.75, 3.05) is 6.54 Å². The number of aryl methyl sites for hydroxylation is 1. The average Bonchev–Trinajstić information content (AvgIpc) is 2.45. The minimum absolute atomic E-state index is 0.0492. The number of nitrogens with one attached hydrogen (secondary N) is 1. The van der Waals surface area contributed by atoms with E-state index in [-0.39, 0.29) is 5.56 Å². The smallest absolute Gasteiger partial charge is 0.257 e. The molecule has 1 aliphatic heterocycles. The molecule has 0 bridgehead atoms. The Labute approximate surface area is 122 Å². The first-order valence-corrected chi connectivity index (χ1v) is 7.06. The summed E-state index contributed by atoms with van der Waals surface area (Å²) in [7, 11) is 0. The molecular formula is C15H16ClN3O. The molecule has 1 aliphatic rings. The summed E-state index contributed by atoms with van der Waals surface area (Å²) in [6.45, 7) is 3.97. The number of hydrogen-bond donors (Lipinski definition) is 1. The highest BCUT2D eigenvalue weighted by Gasteiger charge is 2.15. The second kappa shape index (κ2) is 5.38. The Kier molecular flexibility index (Phi) is 3.59. The predicted molar refractivity (Wildman–Crippen MR) is 79.2 cm³/mol. The van der Waals surface area contributed by atoms with E-state index < -0.39 is 0 Å². The normalized spacial score (nSPS) is 14.1. The van der Waals surface area contributed by atoms with Gasteiger partial charge in [0.25, 0.3) is 5.56 Å². The van der Waals surface area contributed by atoms with E-state index in [0.717, 1.165) is 35.3 Å². The van der Waals surface area contributed by atoms with Crippen molar-refractivity contribution in [2.45, 2.75) is 26.4 Å². The molecule has 0 fully saturated rings. The zero-order chi connectivity index (χ0) is 14.1. The molecule has 3 rings (SSSR count). The third-order valence-corrected chi connectivity index (χ3v) is 3.97. The molecule has 0 radical (unpaired) electrons. The van der Waals surface area contributed by atoms with Crippen LogP contribution in [0.2, 0.25) is 5.02 Å². The monoisotopic (exact) mass is 289 g/mol. The van der Waals surface area contributed by atoms with Crippen molar-refractivity contribution in [3.63, 3.8) is 0 Å². The fourth-order valence-corrected chi connectivity index (χ4v) is 2.76. The van der Waals surface area contributed by atoms with Crippen molar-refractivity contribution in [2.24, 2.45) is 0 Å². The van der Waals surface area contributed by atoms with Crippen molar-refractivity contribution in [3.8, 4) is 0 Å². The van der Waals surface area contributed by atoms with E-state index in [1.54, 1.807) is 10.9 Å². The van der Waals surface area contributed by atoms with E-state index in [0.29, 0.717) is 18.1 Å². The SMILES string of the molecule is Cc1ccc(Cn2cnc3c(c2=O)CCNC3)c(Cl)c1. The maximum atomic E-state index is 12.4. The lowest BCUT2D eigenvalue weighted by molar-refractivity contribution is 0.596. The summed E-state index contributed by atoms with van der Waals surface area (Å²) < 4.78 is 1.64. The maximum Gasteiger partial charge on any atom is 0.257 e. The zero-order valence-electron chi connectivity index (χ0n) is 11.3. The molecule has 1 N–H and O–H groups in total. The van der Waals surface area contributed by atoms with Crippen LogP contribution in [-0.2, 0) is 19.5 Å². The van der Waals surface area contributed by atoms with Gasteiger partial charge in [-0.1, -0.05) is 23.7 Å². The maximum absolute atomic E-state index is 12.4. The molecule has 0 aliphatic carbocycles. The molecule has 0 atom stereocenters. The van der Waals surface area contributed by atoms with E-state index in [1.165, 1.54) is 0 Å². The van der Waals surface area contributed by atoms with Gasteiger partial charge in [-0.15, -0.1) is 0 Å². The van der Waals surface area contributed by atoms with Gasteiger partial charge in [-0.3, -0.25) is 9.36 Å². The Hall–Kier alpha value is -1.65. The standard InChI is InChI=1S/C15H16ClN3O/c1-10-2-3-11(13(16)6-10)8-19-9-18-14-7-17-5-4-12(14)15(19)20/h2-3,6,9,17H,4-5,7-8H2,1H3. The van der Waals surface area contributed by atoms with Gasteiger partial charge in [0.1, 0.15) is 0 Å². The highest BCUT2D eigenvalue weighted by molar-refractivity contribution is 6.31. The molecule has 0 amide bonds. The van der Waals surface area contributed by atoms with E-state index in [4.69, 9.17) is 11.6 Å². The minimum Gasteiger partial charge on any atom is -0.311 e. The summed E-state index contributed by atoms with van der Waals surface area (Å²) in [5.41, 5.74) is 3.80. The number of nitrogens with zero attached hydrogens (tertiary/aromatic N) is 2. The summed E-state index contributed by atoms with van der Waals surface area (Å²) >= 11 is 6.23. The van der Waals surface area contributed by atoms with Gasteiger partial charge in [0.15, 0.2) is 0 Å². The lowest BCUT2D eigenvalue weighted by Gasteiger charge is -2.17. The predicted octanol–water partition coefficient (Wildman–Crippen LogP) is 1.90. The number of fused-ring (bicyclic) bond motifs is 1. The summed E-state index contributed by atoms with van der Waals surface area (Å²) in [5.74, 6) is 0. The van der Waals surface area contributed by atoms with Crippen LogP contribution in [-0.4, -0.2) is 16.1 Å². The first-order chi connectivity index (χ1) is 9.65. The molecule has 0 saturated heterocycles. The van der Waals surface area contributed by atoms with Crippen LogP contribution in [0.3, 0.4) is 0 Å². The van der Waals surface area contributed by atoms with E-state index in [1.807, 2.05) is 25.1 Å². The molecule has 1 aromatic carbocycles. The lowest BCUT2D eigenvalue weighted by atomic mass is 10.1. The Morgan fingerprint density at radius 2 is 2.30 bits per heavy atom. The van der Waals surface area contributed by atoms with Crippen LogP contribution in [0.25, 0.3) is 0 Å². The van der Waals surface area contributed by atoms with Crippen molar-refractivity contribution in [3.05, 3.63) is 62.3 Å². The van der Waals surface area contributed by atoms with Crippen molar-refractivity contribution in [1.82, 2.24) is 14.9 Å².